The molecule has 2 atom stereocenters. The van der Waals surface area contributed by atoms with Crippen molar-refractivity contribution < 1.29 is 24.5 Å². The molecule has 1 rings (SSSR count). The van der Waals surface area contributed by atoms with E-state index in [0.717, 1.165) is 0 Å². The predicted octanol–water partition coefficient (Wildman–Crippen LogP) is 3.34. The van der Waals surface area contributed by atoms with Gasteiger partial charge in [-0.3, -0.25) is 9.59 Å². The molecule has 0 aliphatic rings. The lowest BCUT2D eigenvalue weighted by molar-refractivity contribution is -0.141. The third-order valence-electron chi connectivity index (χ3n) is 3.83. The summed E-state index contributed by atoms with van der Waals surface area (Å²) in [7, 11) is 1.50. The van der Waals surface area contributed by atoms with Gasteiger partial charge in [0.2, 0.25) is 0 Å². The second-order valence-electron chi connectivity index (χ2n) is 6.11. The van der Waals surface area contributed by atoms with Crippen LogP contribution in [0, 0.1) is 11.8 Å². The Morgan fingerprint density at radius 3 is 1.73 bits per heavy atom. The van der Waals surface area contributed by atoms with Crippen LogP contribution in [-0.4, -0.2) is 29.3 Å². The first-order chi connectivity index (χ1) is 10.2. The number of benzene rings is 1. The summed E-state index contributed by atoms with van der Waals surface area (Å²) >= 11 is 0. The van der Waals surface area contributed by atoms with E-state index in [9.17, 15) is 19.8 Å². The molecule has 22 heavy (non-hydrogen) atoms. The number of carbonyl (C=O) groups is 2. The number of hydrogen-bond acceptors (Lipinski definition) is 3. The van der Waals surface area contributed by atoms with Gasteiger partial charge >= 0.3 is 11.9 Å². The van der Waals surface area contributed by atoms with Gasteiger partial charge in [-0.25, -0.2) is 0 Å². The van der Waals surface area contributed by atoms with Gasteiger partial charge in [-0.1, -0.05) is 33.8 Å². The molecule has 0 fully saturated rings. The molecular formula is C17H24O5. The van der Waals surface area contributed by atoms with Crippen molar-refractivity contribution in [1.29, 1.82) is 0 Å². The van der Waals surface area contributed by atoms with Crippen LogP contribution in [0.3, 0.4) is 0 Å². The quantitative estimate of drug-likeness (QED) is 0.807. The highest BCUT2D eigenvalue weighted by Crippen LogP contribution is 2.37. The van der Waals surface area contributed by atoms with Gasteiger partial charge in [-0.2, -0.15) is 0 Å². The van der Waals surface area contributed by atoms with Crippen molar-refractivity contribution in [3.63, 3.8) is 0 Å². The lowest BCUT2D eigenvalue weighted by atomic mass is 9.78. The van der Waals surface area contributed by atoms with Gasteiger partial charge in [0, 0.05) is 0 Å². The first-order valence-corrected chi connectivity index (χ1v) is 7.34. The van der Waals surface area contributed by atoms with Gasteiger partial charge in [0.15, 0.2) is 0 Å². The molecule has 5 heteroatoms. The Labute approximate surface area is 130 Å². The number of rotatable bonds is 7. The molecule has 1 aromatic carbocycles. The third-order valence-corrected chi connectivity index (χ3v) is 3.83. The average Bonchev–Trinajstić information content (AvgIpc) is 2.38. The van der Waals surface area contributed by atoms with E-state index in [1.807, 2.05) is 27.7 Å². The highest BCUT2D eigenvalue weighted by Gasteiger charge is 2.32. The van der Waals surface area contributed by atoms with Crippen molar-refractivity contribution in [2.45, 2.75) is 39.5 Å². The van der Waals surface area contributed by atoms with E-state index in [1.165, 1.54) is 7.11 Å². The fourth-order valence-electron chi connectivity index (χ4n) is 2.79. The monoisotopic (exact) mass is 308 g/mol. The second kappa shape index (κ2) is 7.29. The van der Waals surface area contributed by atoms with Gasteiger partial charge in [-0.05, 0) is 35.1 Å². The number of carboxylic acids is 2. The molecule has 0 radical (unpaired) electrons. The number of carboxylic acid groups (broad SMARTS) is 2. The van der Waals surface area contributed by atoms with E-state index in [4.69, 9.17) is 4.74 Å². The number of methoxy groups -OCH3 is 1. The molecule has 0 bridgehead atoms. The van der Waals surface area contributed by atoms with Crippen molar-refractivity contribution in [2.75, 3.05) is 7.11 Å². The third kappa shape index (κ3) is 3.78. The highest BCUT2D eigenvalue weighted by molar-refractivity contribution is 5.81. The van der Waals surface area contributed by atoms with Gasteiger partial charge < -0.3 is 14.9 Å². The minimum Gasteiger partial charge on any atom is -0.497 e. The zero-order chi connectivity index (χ0) is 17.0. The van der Waals surface area contributed by atoms with Crippen LogP contribution in [0.4, 0.5) is 0 Å². The van der Waals surface area contributed by atoms with Crippen LogP contribution in [0.25, 0.3) is 0 Å². The molecule has 0 saturated heterocycles. The summed E-state index contributed by atoms with van der Waals surface area (Å²) in [6.07, 6.45) is 0. The maximum atomic E-state index is 11.7. The van der Waals surface area contributed by atoms with Crippen molar-refractivity contribution in [1.82, 2.24) is 0 Å². The zero-order valence-corrected chi connectivity index (χ0v) is 13.7. The Bertz CT molecular complexity index is 548. The fraction of sp³-hybridized carbons (Fsp3) is 0.529. The van der Waals surface area contributed by atoms with Crippen LogP contribution in [-0.2, 0) is 9.59 Å². The Morgan fingerprint density at radius 1 is 0.909 bits per heavy atom. The number of hydrogen-bond donors (Lipinski definition) is 2. The molecule has 0 aliphatic heterocycles. The lowest BCUT2D eigenvalue weighted by Gasteiger charge is -2.25. The standard InChI is InChI=1S/C17H24O5/c1-9(2)14(16(18)19)12-7-6-11(22-5)8-13(12)15(10(3)4)17(20)21/h6-10,14-15H,1-5H3,(H,18,19)(H,20,21). The molecule has 0 aliphatic carbocycles. The van der Waals surface area contributed by atoms with Crippen LogP contribution in [0.15, 0.2) is 18.2 Å². The SMILES string of the molecule is COc1ccc(C(C(=O)O)C(C)C)c(C(C(=O)O)C(C)C)c1. The van der Waals surface area contributed by atoms with Crippen molar-refractivity contribution in [3.8, 4) is 5.75 Å². The normalized spacial score (nSPS) is 14.0. The Balaban J connectivity index is 3.57. The molecule has 0 amide bonds. The summed E-state index contributed by atoms with van der Waals surface area (Å²) in [5, 5.41) is 19.1. The largest absolute Gasteiger partial charge is 0.497 e. The van der Waals surface area contributed by atoms with Crippen LogP contribution in [0.2, 0.25) is 0 Å². The number of aliphatic carboxylic acids is 2. The molecule has 5 nitrogen and oxygen atoms in total. The summed E-state index contributed by atoms with van der Waals surface area (Å²) in [6.45, 7) is 7.26. The molecule has 0 heterocycles. The van der Waals surface area contributed by atoms with E-state index >= 15 is 0 Å². The summed E-state index contributed by atoms with van der Waals surface area (Å²) < 4.78 is 5.18. The molecule has 1 aromatic rings. The highest BCUT2D eigenvalue weighted by atomic mass is 16.5. The minimum absolute atomic E-state index is 0.147. The zero-order valence-electron chi connectivity index (χ0n) is 13.7. The van der Waals surface area contributed by atoms with Gasteiger partial charge in [0.25, 0.3) is 0 Å². The van der Waals surface area contributed by atoms with Gasteiger partial charge in [-0.15, -0.1) is 0 Å². The second-order valence-corrected chi connectivity index (χ2v) is 6.11. The minimum atomic E-state index is -0.961. The van der Waals surface area contributed by atoms with Crippen molar-refractivity contribution in [2.24, 2.45) is 11.8 Å². The van der Waals surface area contributed by atoms with Crippen molar-refractivity contribution >= 4 is 11.9 Å². The van der Waals surface area contributed by atoms with E-state index in [1.54, 1.807) is 18.2 Å². The van der Waals surface area contributed by atoms with E-state index in [2.05, 4.69) is 0 Å². The molecule has 0 saturated carbocycles. The predicted molar refractivity (Wildman–Crippen MR) is 83.4 cm³/mol. The molecule has 0 aromatic heterocycles. The molecular weight excluding hydrogens is 284 g/mol. The maximum absolute atomic E-state index is 11.7. The molecule has 2 N–H and O–H groups in total. The lowest BCUT2D eigenvalue weighted by Crippen LogP contribution is -2.24. The molecule has 0 spiro atoms. The van der Waals surface area contributed by atoms with E-state index in [-0.39, 0.29) is 11.8 Å². The summed E-state index contributed by atoms with van der Waals surface area (Å²) in [6, 6.07) is 4.99. The smallest absolute Gasteiger partial charge is 0.311 e. The van der Waals surface area contributed by atoms with E-state index in [0.29, 0.717) is 16.9 Å². The topological polar surface area (TPSA) is 83.8 Å². The Hall–Kier alpha value is -2.04. The van der Waals surface area contributed by atoms with Crippen LogP contribution < -0.4 is 4.74 Å². The van der Waals surface area contributed by atoms with Gasteiger partial charge in [0.1, 0.15) is 5.75 Å². The van der Waals surface area contributed by atoms with Crippen LogP contribution >= 0.6 is 0 Å². The maximum Gasteiger partial charge on any atom is 0.311 e. The fourth-order valence-corrected chi connectivity index (χ4v) is 2.79. The molecule has 2 unspecified atom stereocenters. The van der Waals surface area contributed by atoms with Crippen LogP contribution in [0.5, 0.6) is 5.75 Å². The summed E-state index contributed by atoms with van der Waals surface area (Å²) in [5.41, 5.74) is 1.06. The summed E-state index contributed by atoms with van der Waals surface area (Å²) in [5.74, 6) is -3.21. The van der Waals surface area contributed by atoms with E-state index < -0.39 is 23.8 Å². The average molecular weight is 308 g/mol. The first-order valence-electron chi connectivity index (χ1n) is 7.34. The summed E-state index contributed by atoms with van der Waals surface area (Å²) in [4.78, 5) is 23.3. The Morgan fingerprint density at radius 2 is 1.36 bits per heavy atom. The Kier molecular flexibility index (Phi) is 5.97. The van der Waals surface area contributed by atoms with Crippen molar-refractivity contribution in [3.05, 3.63) is 29.3 Å². The number of ether oxygens (including phenoxy) is 1. The molecule has 122 valence electrons. The van der Waals surface area contributed by atoms with Gasteiger partial charge in [0.05, 0.1) is 18.9 Å². The first kappa shape index (κ1) is 18.0. The van der Waals surface area contributed by atoms with Crippen LogP contribution in [0.1, 0.15) is 50.7 Å².